The molecule has 2 aliphatic carbocycles. The summed E-state index contributed by atoms with van der Waals surface area (Å²) in [6.07, 6.45) is 9.01. The van der Waals surface area contributed by atoms with E-state index in [1.165, 1.54) is 12.8 Å². The van der Waals surface area contributed by atoms with E-state index in [9.17, 15) is 4.79 Å². The van der Waals surface area contributed by atoms with Crippen LogP contribution in [0.4, 0.5) is 11.8 Å². The van der Waals surface area contributed by atoms with Crippen LogP contribution in [0, 0.1) is 0 Å². The van der Waals surface area contributed by atoms with E-state index in [4.69, 9.17) is 0 Å². The first kappa shape index (κ1) is 21.3. The van der Waals surface area contributed by atoms with Crippen LogP contribution in [0.5, 0.6) is 0 Å². The molecule has 0 aliphatic heterocycles. The van der Waals surface area contributed by atoms with Gasteiger partial charge in [-0.25, -0.2) is 14.8 Å². The van der Waals surface area contributed by atoms with Gasteiger partial charge in [-0.3, -0.25) is 9.13 Å². The van der Waals surface area contributed by atoms with Gasteiger partial charge >= 0.3 is 5.69 Å². The van der Waals surface area contributed by atoms with Gasteiger partial charge in [-0.1, -0.05) is 15.9 Å². The van der Waals surface area contributed by atoms with Crippen molar-refractivity contribution in [3.05, 3.63) is 63.4 Å². The maximum Gasteiger partial charge on any atom is 0.333 e. The first-order valence-corrected chi connectivity index (χ1v) is 12.4. The van der Waals surface area contributed by atoms with E-state index in [-0.39, 0.29) is 5.69 Å². The summed E-state index contributed by atoms with van der Waals surface area (Å²) in [4.78, 5) is 21.9. The molecule has 6 rings (SSSR count). The Morgan fingerprint density at radius 3 is 2.47 bits per heavy atom. The van der Waals surface area contributed by atoms with Gasteiger partial charge in [0.05, 0.1) is 34.8 Å². The molecule has 0 saturated heterocycles. The second-order valence-electron chi connectivity index (χ2n) is 9.19. The number of halogens is 1. The van der Waals surface area contributed by atoms with Crippen LogP contribution in [0.3, 0.4) is 0 Å². The Hall–Kier alpha value is -3.27. The number of nitrogens with zero attached hydrogens (tertiary/aromatic N) is 6. The van der Waals surface area contributed by atoms with Gasteiger partial charge in [0.2, 0.25) is 5.95 Å². The number of fused-ring (bicyclic) bond motifs is 1. The Balaban J connectivity index is 1.12. The molecule has 3 aromatic heterocycles. The van der Waals surface area contributed by atoms with Gasteiger partial charge in [0.25, 0.3) is 0 Å². The first-order valence-electron chi connectivity index (χ1n) is 11.6. The normalized spacial score (nSPS) is 20.1. The number of imidazole rings is 1. The van der Waals surface area contributed by atoms with Crippen LogP contribution in [0.15, 0.2) is 52.0 Å². The monoisotopic (exact) mass is 520 g/mol. The summed E-state index contributed by atoms with van der Waals surface area (Å²) in [6, 6.07) is 10.3. The van der Waals surface area contributed by atoms with Crippen molar-refractivity contribution in [3.8, 4) is 5.69 Å². The number of rotatable bonds is 6. The van der Waals surface area contributed by atoms with Crippen LogP contribution in [-0.2, 0) is 7.05 Å². The number of pyridine rings is 1. The largest absolute Gasteiger partial charge is 0.367 e. The molecule has 4 aromatic rings. The molecule has 0 spiro atoms. The van der Waals surface area contributed by atoms with Crippen molar-refractivity contribution in [1.29, 1.82) is 0 Å². The van der Waals surface area contributed by atoms with Crippen LogP contribution >= 0.6 is 15.9 Å². The van der Waals surface area contributed by atoms with Crippen molar-refractivity contribution < 1.29 is 0 Å². The molecule has 0 radical (unpaired) electrons. The summed E-state index contributed by atoms with van der Waals surface area (Å²) in [5.41, 5.74) is 3.37. The number of aromatic nitrogens is 6. The number of benzene rings is 1. The van der Waals surface area contributed by atoms with Gasteiger partial charge in [-0.15, -0.1) is 10.2 Å². The second kappa shape index (κ2) is 8.50. The molecule has 2 N–H and O–H groups in total. The van der Waals surface area contributed by atoms with Crippen molar-refractivity contribution in [2.45, 2.75) is 50.1 Å². The summed E-state index contributed by atoms with van der Waals surface area (Å²) in [5.74, 6) is 1.97. The lowest BCUT2D eigenvalue weighted by molar-refractivity contribution is 0.710. The standard InChI is InChI=1S/C24H25BrN8O/c1-32-20-8-4-15(25)10-21(20)33(24(32)34)18-7-9-22(26-12-18)28-16-5-6-17(11-16)29-23-27-13-19(30-31-23)14-2-3-14/h4,7-10,12-14,16-17H,2-3,5-6,11H2,1H3,(H,26,28)(H,27,29,31)/t16-,17-/m0/s1. The molecular weight excluding hydrogens is 496 g/mol. The summed E-state index contributed by atoms with van der Waals surface area (Å²) in [7, 11) is 1.78. The highest BCUT2D eigenvalue weighted by molar-refractivity contribution is 9.10. The lowest BCUT2D eigenvalue weighted by Crippen LogP contribution is -2.22. The van der Waals surface area contributed by atoms with E-state index >= 15 is 0 Å². The lowest BCUT2D eigenvalue weighted by atomic mass is 10.2. The molecule has 2 atom stereocenters. The second-order valence-corrected chi connectivity index (χ2v) is 10.1. The molecule has 2 saturated carbocycles. The molecule has 34 heavy (non-hydrogen) atoms. The number of aryl methyl sites for hydroxylation is 1. The van der Waals surface area contributed by atoms with Gasteiger partial charge in [0.1, 0.15) is 5.82 Å². The summed E-state index contributed by atoms with van der Waals surface area (Å²) in [5, 5.41) is 15.5. The first-order chi connectivity index (χ1) is 16.5. The predicted octanol–water partition coefficient (Wildman–Crippen LogP) is 3.99. The molecule has 0 unspecified atom stereocenters. The third-order valence-corrected chi connectivity index (χ3v) is 7.21. The molecule has 9 nitrogen and oxygen atoms in total. The van der Waals surface area contributed by atoms with Crippen molar-refractivity contribution in [3.63, 3.8) is 0 Å². The van der Waals surface area contributed by atoms with Crippen molar-refractivity contribution >= 4 is 38.7 Å². The molecule has 0 amide bonds. The van der Waals surface area contributed by atoms with Gasteiger partial charge in [0, 0.05) is 29.5 Å². The van der Waals surface area contributed by atoms with Crippen LogP contribution in [-0.4, -0.2) is 41.4 Å². The molecule has 3 heterocycles. The summed E-state index contributed by atoms with van der Waals surface area (Å²) in [6.45, 7) is 0. The molecule has 174 valence electrons. The molecule has 2 fully saturated rings. The van der Waals surface area contributed by atoms with E-state index in [1.807, 2.05) is 36.5 Å². The van der Waals surface area contributed by atoms with Crippen LogP contribution in [0.1, 0.15) is 43.7 Å². The Morgan fingerprint density at radius 2 is 1.76 bits per heavy atom. The van der Waals surface area contributed by atoms with Crippen molar-refractivity contribution in [1.82, 2.24) is 29.3 Å². The number of hydrogen-bond donors (Lipinski definition) is 2. The van der Waals surface area contributed by atoms with E-state index in [0.29, 0.717) is 23.9 Å². The summed E-state index contributed by atoms with van der Waals surface area (Å²) < 4.78 is 4.27. The Bertz CT molecular complexity index is 1390. The van der Waals surface area contributed by atoms with Crippen molar-refractivity contribution in [2.24, 2.45) is 7.05 Å². The molecular formula is C24H25BrN8O. The van der Waals surface area contributed by atoms with E-state index in [1.54, 1.807) is 22.4 Å². The SMILES string of the molecule is Cn1c(=O)n(-c2ccc(N[C@H]3CC[C@H](Nc4ncc(C5CC5)nn4)C3)nc2)c2cc(Br)ccc21. The highest BCUT2D eigenvalue weighted by atomic mass is 79.9. The zero-order valence-corrected chi connectivity index (χ0v) is 20.4. The average molecular weight is 521 g/mol. The summed E-state index contributed by atoms with van der Waals surface area (Å²) >= 11 is 3.50. The Kier molecular flexibility index (Phi) is 5.32. The van der Waals surface area contributed by atoms with Gasteiger partial charge in [-0.05, 0) is 62.4 Å². The van der Waals surface area contributed by atoms with E-state index < -0.39 is 0 Å². The highest BCUT2D eigenvalue weighted by Gasteiger charge is 2.27. The Labute approximate surface area is 204 Å². The fraction of sp³-hybridized carbons (Fsp3) is 0.375. The number of nitrogens with one attached hydrogen (secondary N) is 2. The third kappa shape index (κ3) is 4.06. The third-order valence-electron chi connectivity index (χ3n) is 6.72. The van der Waals surface area contributed by atoms with Crippen LogP contribution in [0.25, 0.3) is 16.7 Å². The molecule has 2 aliphatic rings. The highest BCUT2D eigenvalue weighted by Crippen LogP contribution is 2.38. The fourth-order valence-corrected chi connectivity index (χ4v) is 5.07. The molecule has 1 aromatic carbocycles. The molecule has 10 heteroatoms. The predicted molar refractivity (Wildman–Crippen MR) is 134 cm³/mol. The average Bonchev–Trinajstić information content (AvgIpc) is 3.56. The zero-order chi connectivity index (χ0) is 23.2. The number of hydrogen-bond acceptors (Lipinski definition) is 7. The quantitative estimate of drug-likeness (QED) is 0.396. The Morgan fingerprint density at radius 1 is 0.941 bits per heavy atom. The van der Waals surface area contributed by atoms with Crippen molar-refractivity contribution in [2.75, 3.05) is 10.6 Å². The lowest BCUT2D eigenvalue weighted by Gasteiger charge is -2.15. The minimum Gasteiger partial charge on any atom is -0.367 e. The molecule has 0 bridgehead atoms. The van der Waals surface area contributed by atoms with Crippen LogP contribution in [0.2, 0.25) is 0 Å². The minimum absolute atomic E-state index is 0.0952. The van der Waals surface area contributed by atoms with E-state index in [0.717, 1.165) is 52.0 Å². The fourth-order valence-electron chi connectivity index (χ4n) is 4.72. The minimum atomic E-state index is -0.0952. The zero-order valence-electron chi connectivity index (χ0n) is 18.8. The topological polar surface area (TPSA) is 103 Å². The van der Waals surface area contributed by atoms with Gasteiger partial charge in [0.15, 0.2) is 0 Å². The smallest absolute Gasteiger partial charge is 0.333 e. The van der Waals surface area contributed by atoms with Gasteiger partial charge < -0.3 is 10.6 Å². The maximum atomic E-state index is 12.9. The number of anilines is 2. The van der Waals surface area contributed by atoms with Crippen LogP contribution < -0.4 is 16.3 Å². The maximum absolute atomic E-state index is 12.9. The van der Waals surface area contributed by atoms with Gasteiger partial charge in [-0.2, -0.15) is 0 Å². The van der Waals surface area contributed by atoms with E-state index in [2.05, 4.69) is 46.7 Å².